The lowest BCUT2D eigenvalue weighted by atomic mass is 9.48. The van der Waals surface area contributed by atoms with E-state index in [1.165, 1.54) is 12.0 Å². The predicted octanol–water partition coefficient (Wildman–Crippen LogP) is 4.25. The van der Waals surface area contributed by atoms with Gasteiger partial charge in [-0.2, -0.15) is 0 Å². The zero-order chi connectivity index (χ0) is 15.7. The highest BCUT2D eigenvalue weighted by molar-refractivity contribution is 9.10. The molecule has 0 amide bonds. The standard InChI is InChI=1S/C19H27BrO2/c1-18-7-5-12(21)9-11(18)3-4-13-14(18)6-8-19(2)15(13)10-16(20)17(19)22/h3,12-16,21H,4-10H2,1-2H3/t12-,13+,14-,15-,16?,18-,19-/m0/s1. The van der Waals surface area contributed by atoms with Crippen LogP contribution in [-0.4, -0.2) is 21.8 Å². The molecule has 4 aliphatic carbocycles. The molecule has 3 saturated carbocycles. The van der Waals surface area contributed by atoms with Gasteiger partial charge >= 0.3 is 0 Å². The van der Waals surface area contributed by atoms with Crippen molar-refractivity contribution >= 4 is 21.7 Å². The number of alkyl halides is 1. The Morgan fingerprint density at radius 1 is 1.18 bits per heavy atom. The number of ketones is 1. The van der Waals surface area contributed by atoms with Crippen LogP contribution in [0.4, 0.5) is 0 Å². The van der Waals surface area contributed by atoms with E-state index in [2.05, 4.69) is 35.9 Å². The van der Waals surface area contributed by atoms with Crippen molar-refractivity contribution in [1.29, 1.82) is 0 Å². The van der Waals surface area contributed by atoms with E-state index < -0.39 is 0 Å². The third kappa shape index (κ3) is 1.90. The number of hydrogen-bond acceptors (Lipinski definition) is 2. The zero-order valence-corrected chi connectivity index (χ0v) is 15.2. The molecule has 122 valence electrons. The van der Waals surface area contributed by atoms with Crippen molar-refractivity contribution in [2.45, 2.75) is 69.7 Å². The summed E-state index contributed by atoms with van der Waals surface area (Å²) < 4.78 is 0. The van der Waals surface area contributed by atoms with Crippen LogP contribution in [0.25, 0.3) is 0 Å². The van der Waals surface area contributed by atoms with Gasteiger partial charge in [-0.15, -0.1) is 0 Å². The SMILES string of the molecule is C[C@]12CC[C@H](O)CC1=CC[C@@H]1[C@@H]2CC[C@]2(C)C(=O)C(Br)C[C@@H]12. The van der Waals surface area contributed by atoms with Gasteiger partial charge in [-0.25, -0.2) is 0 Å². The highest BCUT2D eigenvalue weighted by Gasteiger charge is 2.60. The first kappa shape index (κ1) is 15.4. The Labute approximate surface area is 141 Å². The van der Waals surface area contributed by atoms with Crippen molar-refractivity contribution in [3.63, 3.8) is 0 Å². The summed E-state index contributed by atoms with van der Waals surface area (Å²) in [7, 11) is 0. The summed E-state index contributed by atoms with van der Waals surface area (Å²) in [4.78, 5) is 12.7. The Balaban J connectivity index is 1.70. The number of aliphatic hydroxyl groups excluding tert-OH is 1. The van der Waals surface area contributed by atoms with Crippen molar-refractivity contribution in [1.82, 2.24) is 0 Å². The molecule has 2 nitrogen and oxygen atoms in total. The number of halogens is 1. The Morgan fingerprint density at radius 2 is 1.91 bits per heavy atom. The summed E-state index contributed by atoms with van der Waals surface area (Å²) in [6, 6.07) is 0. The fraction of sp³-hybridized carbons (Fsp3) is 0.842. The molecule has 0 radical (unpaired) electrons. The Kier molecular flexibility index (Phi) is 3.44. The molecule has 0 bridgehead atoms. The third-order valence-electron chi connectivity index (χ3n) is 7.78. The van der Waals surface area contributed by atoms with Gasteiger partial charge in [-0.1, -0.05) is 41.4 Å². The molecule has 1 N–H and O–H groups in total. The smallest absolute Gasteiger partial charge is 0.152 e. The lowest BCUT2D eigenvalue weighted by molar-refractivity contribution is -0.131. The zero-order valence-electron chi connectivity index (χ0n) is 13.6. The van der Waals surface area contributed by atoms with Gasteiger partial charge in [0.15, 0.2) is 5.78 Å². The lowest BCUT2D eigenvalue weighted by Gasteiger charge is -2.56. The minimum Gasteiger partial charge on any atom is -0.393 e. The van der Waals surface area contributed by atoms with Gasteiger partial charge in [0.2, 0.25) is 0 Å². The largest absolute Gasteiger partial charge is 0.393 e. The van der Waals surface area contributed by atoms with Crippen LogP contribution in [-0.2, 0) is 4.79 Å². The number of Topliss-reactive ketones (excluding diaryl/α,β-unsaturated/α-hetero) is 1. The average Bonchev–Trinajstić information content (AvgIpc) is 2.72. The van der Waals surface area contributed by atoms with Gasteiger partial charge in [0, 0.05) is 5.41 Å². The van der Waals surface area contributed by atoms with E-state index in [-0.39, 0.29) is 21.8 Å². The molecule has 0 aromatic heterocycles. The van der Waals surface area contributed by atoms with E-state index in [1.54, 1.807) is 0 Å². The lowest BCUT2D eigenvalue weighted by Crippen LogP contribution is -2.50. The van der Waals surface area contributed by atoms with E-state index in [1.807, 2.05) is 0 Å². The molecule has 4 rings (SSSR count). The normalized spacial score (nSPS) is 54.3. The summed E-state index contributed by atoms with van der Waals surface area (Å²) in [6.07, 6.45) is 9.63. The number of rotatable bonds is 0. The maximum Gasteiger partial charge on any atom is 0.152 e. The first-order chi connectivity index (χ1) is 10.4. The molecule has 0 aromatic carbocycles. The summed E-state index contributed by atoms with van der Waals surface area (Å²) in [5, 5.41) is 10.0. The number of carbonyl (C=O) groups excluding carboxylic acids is 1. The van der Waals surface area contributed by atoms with Gasteiger partial charge in [0.25, 0.3) is 0 Å². The van der Waals surface area contributed by atoms with Crippen molar-refractivity contribution < 1.29 is 9.90 Å². The quantitative estimate of drug-likeness (QED) is 0.513. The first-order valence-electron chi connectivity index (χ1n) is 8.92. The predicted molar refractivity (Wildman–Crippen MR) is 90.8 cm³/mol. The van der Waals surface area contributed by atoms with E-state index in [0.717, 1.165) is 38.5 Å². The average molecular weight is 367 g/mol. The van der Waals surface area contributed by atoms with Crippen molar-refractivity contribution in [3.8, 4) is 0 Å². The van der Waals surface area contributed by atoms with Crippen molar-refractivity contribution in [2.75, 3.05) is 0 Å². The summed E-state index contributed by atoms with van der Waals surface area (Å²) >= 11 is 3.64. The second-order valence-corrected chi connectivity index (χ2v) is 9.78. The van der Waals surface area contributed by atoms with Gasteiger partial charge in [0.1, 0.15) is 0 Å². The van der Waals surface area contributed by atoms with Crippen LogP contribution in [0.1, 0.15) is 58.8 Å². The fourth-order valence-corrected chi connectivity index (χ4v) is 7.32. The number of aliphatic hydroxyl groups is 1. The number of hydrogen-bond donors (Lipinski definition) is 1. The third-order valence-corrected chi connectivity index (χ3v) is 8.57. The maximum atomic E-state index is 12.6. The molecule has 3 fully saturated rings. The van der Waals surface area contributed by atoms with Crippen LogP contribution in [0.15, 0.2) is 11.6 Å². The fourth-order valence-electron chi connectivity index (χ4n) is 6.39. The molecule has 3 heteroatoms. The molecule has 7 atom stereocenters. The molecule has 0 saturated heterocycles. The van der Waals surface area contributed by atoms with Crippen LogP contribution in [0, 0.1) is 28.6 Å². The van der Waals surface area contributed by atoms with Crippen molar-refractivity contribution in [2.24, 2.45) is 28.6 Å². The minimum absolute atomic E-state index is 0.0765. The molecular weight excluding hydrogens is 340 g/mol. The highest BCUT2D eigenvalue weighted by atomic mass is 79.9. The van der Waals surface area contributed by atoms with Crippen LogP contribution in [0.3, 0.4) is 0 Å². The molecule has 22 heavy (non-hydrogen) atoms. The second kappa shape index (κ2) is 4.92. The van der Waals surface area contributed by atoms with E-state index in [4.69, 9.17) is 0 Å². The van der Waals surface area contributed by atoms with Crippen LogP contribution >= 0.6 is 15.9 Å². The molecule has 0 heterocycles. The van der Waals surface area contributed by atoms with Gasteiger partial charge < -0.3 is 5.11 Å². The highest BCUT2D eigenvalue weighted by Crippen LogP contribution is 2.64. The van der Waals surface area contributed by atoms with Crippen molar-refractivity contribution in [3.05, 3.63) is 11.6 Å². The molecule has 4 aliphatic rings. The van der Waals surface area contributed by atoms with Gasteiger partial charge in [-0.3, -0.25) is 4.79 Å². The number of allylic oxidation sites excluding steroid dienone is 1. The number of carbonyl (C=O) groups is 1. The van der Waals surface area contributed by atoms with Crippen LogP contribution < -0.4 is 0 Å². The van der Waals surface area contributed by atoms with E-state index >= 15 is 0 Å². The molecular formula is C19H27BrO2. The summed E-state index contributed by atoms with van der Waals surface area (Å²) in [6.45, 7) is 4.66. The second-order valence-electron chi connectivity index (χ2n) is 8.68. The Hall–Kier alpha value is -0.150. The van der Waals surface area contributed by atoms with E-state index in [9.17, 15) is 9.90 Å². The van der Waals surface area contributed by atoms with Gasteiger partial charge in [-0.05, 0) is 68.1 Å². The molecule has 0 spiro atoms. The Morgan fingerprint density at radius 3 is 2.68 bits per heavy atom. The van der Waals surface area contributed by atoms with Gasteiger partial charge in [0.05, 0.1) is 10.9 Å². The van der Waals surface area contributed by atoms with Crippen LogP contribution in [0.5, 0.6) is 0 Å². The maximum absolute atomic E-state index is 12.6. The first-order valence-corrected chi connectivity index (χ1v) is 9.84. The summed E-state index contributed by atoms with van der Waals surface area (Å²) in [5.41, 5.74) is 1.69. The monoisotopic (exact) mass is 366 g/mol. The topological polar surface area (TPSA) is 37.3 Å². The minimum atomic E-state index is -0.135. The van der Waals surface area contributed by atoms with Crippen LogP contribution in [0.2, 0.25) is 0 Å². The number of fused-ring (bicyclic) bond motifs is 5. The molecule has 1 unspecified atom stereocenters. The Bertz CT molecular complexity index is 542. The summed E-state index contributed by atoms with van der Waals surface area (Å²) in [5.74, 6) is 2.37. The molecule has 0 aromatic rings. The van der Waals surface area contributed by atoms with E-state index in [0.29, 0.717) is 23.5 Å². The molecule has 0 aliphatic heterocycles.